The maximum Gasteiger partial charge on any atom is 0.155 e. The Morgan fingerprint density at radius 2 is 2.00 bits per heavy atom. The lowest BCUT2D eigenvalue weighted by atomic mass is 9.46. The van der Waals surface area contributed by atoms with E-state index in [1.165, 1.54) is 24.8 Å². The van der Waals surface area contributed by atoms with Crippen LogP contribution in [0.25, 0.3) is 0 Å². The van der Waals surface area contributed by atoms with E-state index in [2.05, 4.69) is 20.4 Å². The predicted molar refractivity (Wildman–Crippen MR) is 111 cm³/mol. The van der Waals surface area contributed by atoms with Gasteiger partial charge in [0.2, 0.25) is 0 Å². The number of carbonyl (C=O) groups is 2. The van der Waals surface area contributed by atoms with Crippen molar-refractivity contribution in [3.05, 3.63) is 24.3 Å². The number of carbonyl (C=O) groups excluding carboxylic acids is 2. The molecule has 7 atom stereocenters. The van der Waals surface area contributed by atoms with Crippen LogP contribution in [0, 0.1) is 34.5 Å². The number of ketones is 2. The number of rotatable bonds is 5. The molecule has 0 aromatic rings. The second-order valence-electron chi connectivity index (χ2n) is 10.3. The molecule has 0 spiro atoms. The molecule has 3 fully saturated rings. The Bertz CT molecular complexity index is 707. The SMILES string of the molecule is C=CC(CC(=O)[C@H]1CC[C@H]2[C@@H]3CCC4=CC(=O)CC[C@]4(C)[C@H]3CC[C@]12C)OC. The van der Waals surface area contributed by atoms with E-state index in [1.807, 2.05) is 6.08 Å². The summed E-state index contributed by atoms with van der Waals surface area (Å²) >= 11 is 0. The molecule has 0 aromatic carbocycles. The van der Waals surface area contributed by atoms with Gasteiger partial charge in [-0.25, -0.2) is 0 Å². The van der Waals surface area contributed by atoms with E-state index in [1.54, 1.807) is 13.2 Å². The second kappa shape index (κ2) is 7.23. The van der Waals surface area contributed by atoms with Gasteiger partial charge >= 0.3 is 0 Å². The van der Waals surface area contributed by atoms with E-state index in [0.717, 1.165) is 25.7 Å². The minimum atomic E-state index is -0.160. The summed E-state index contributed by atoms with van der Waals surface area (Å²) in [5, 5.41) is 0. The average Bonchev–Trinajstić information content (AvgIpc) is 3.04. The van der Waals surface area contributed by atoms with E-state index in [0.29, 0.717) is 42.2 Å². The fraction of sp³-hybridized carbons (Fsp3) is 0.760. The molecule has 0 radical (unpaired) electrons. The lowest BCUT2D eigenvalue weighted by molar-refractivity contribution is -0.132. The van der Waals surface area contributed by atoms with Gasteiger partial charge in [0.05, 0.1) is 6.10 Å². The summed E-state index contributed by atoms with van der Waals surface area (Å²) < 4.78 is 5.39. The highest BCUT2D eigenvalue weighted by Crippen LogP contribution is 2.66. The van der Waals surface area contributed by atoms with Crippen molar-refractivity contribution < 1.29 is 14.3 Å². The van der Waals surface area contributed by atoms with Crippen molar-refractivity contribution in [1.29, 1.82) is 0 Å². The van der Waals surface area contributed by atoms with Gasteiger partial charge in [-0.15, -0.1) is 6.58 Å². The maximum atomic E-state index is 13.1. The standard InChI is InChI=1S/C25H36O3/c1-5-18(28-4)15-23(27)22-9-8-20-19-7-6-16-14-17(26)10-12-24(16,2)21(19)11-13-25(20,22)3/h5,14,18-22H,1,6-13,15H2,2-4H3/t18?,19-,20-,21-,22+,24-,25-/m0/s1. The van der Waals surface area contributed by atoms with Crippen molar-refractivity contribution in [2.75, 3.05) is 7.11 Å². The third-order valence-corrected chi connectivity index (χ3v) is 9.32. The molecule has 0 bridgehead atoms. The smallest absolute Gasteiger partial charge is 0.155 e. The van der Waals surface area contributed by atoms with E-state index in [-0.39, 0.29) is 22.9 Å². The molecular weight excluding hydrogens is 348 g/mol. The highest BCUT2D eigenvalue weighted by Gasteiger charge is 2.60. The Morgan fingerprint density at radius 3 is 2.71 bits per heavy atom. The van der Waals surface area contributed by atoms with Crippen molar-refractivity contribution >= 4 is 11.6 Å². The quantitative estimate of drug-likeness (QED) is 0.605. The number of Topliss-reactive ketones (excluding diaryl/α,β-unsaturated/α-hetero) is 1. The summed E-state index contributed by atoms with van der Waals surface area (Å²) in [6, 6.07) is 0. The number of hydrogen-bond acceptors (Lipinski definition) is 3. The molecule has 0 aliphatic heterocycles. The first-order valence-electron chi connectivity index (χ1n) is 11.3. The van der Waals surface area contributed by atoms with Crippen molar-refractivity contribution in [1.82, 2.24) is 0 Å². The van der Waals surface area contributed by atoms with Crippen LogP contribution < -0.4 is 0 Å². The van der Waals surface area contributed by atoms with Crippen LogP contribution in [0.3, 0.4) is 0 Å². The molecule has 3 heteroatoms. The van der Waals surface area contributed by atoms with Crippen LogP contribution in [0.4, 0.5) is 0 Å². The molecule has 1 unspecified atom stereocenters. The van der Waals surface area contributed by atoms with E-state index in [9.17, 15) is 9.59 Å². The zero-order chi connectivity index (χ0) is 20.1. The van der Waals surface area contributed by atoms with Gasteiger partial charge in [0, 0.05) is 25.9 Å². The van der Waals surface area contributed by atoms with Gasteiger partial charge in [-0.1, -0.05) is 25.5 Å². The lowest BCUT2D eigenvalue weighted by Gasteiger charge is -2.58. The van der Waals surface area contributed by atoms with Crippen molar-refractivity contribution in [3.8, 4) is 0 Å². The van der Waals surface area contributed by atoms with Crippen LogP contribution in [-0.2, 0) is 14.3 Å². The Morgan fingerprint density at radius 1 is 1.21 bits per heavy atom. The Labute approximate surface area is 170 Å². The number of hydrogen-bond donors (Lipinski definition) is 0. The molecule has 0 saturated heterocycles. The van der Waals surface area contributed by atoms with Crippen LogP contribution in [0.1, 0.15) is 71.6 Å². The average molecular weight is 385 g/mol. The summed E-state index contributed by atoms with van der Waals surface area (Å²) in [4.78, 5) is 25.1. The zero-order valence-corrected chi connectivity index (χ0v) is 17.8. The topological polar surface area (TPSA) is 43.4 Å². The molecule has 0 aromatic heterocycles. The first-order chi connectivity index (χ1) is 13.3. The largest absolute Gasteiger partial charge is 0.377 e. The molecule has 28 heavy (non-hydrogen) atoms. The van der Waals surface area contributed by atoms with Crippen molar-refractivity contribution in [2.24, 2.45) is 34.5 Å². The predicted octanol–water partition coefficient (Wildman–Crippen LogP) is 5.29. The van der Waals surface area contributed by atoms with Crippen LogP contribution in [0.2, 0.25) is 0 Å². The van der Waals surface area contributed by atoms with Crippen LogP contribution in [0.15, 0.2) is 24.3 Å². The summed E-state index contributed by atoms with van der Waals surface area (Å²) in [5.41, 5.74) is 1.78. The van der Waals surface area contributed by atoms with E-state index >= 15 is 0 Å². The Balaban J connectivity index is 1.55. The van der Waals surface area contributed by atoms with Crippen LogP contribution >= 0.6 is 0 Å². The molecule has 0 amide bonds. The van der Waals surface area contributed by atoms with Gasteiger partial charge in [0.25, 0.3) is 0 Å². The second-order valence-corrected chi connectivity index (χ2v) is 10.3. The fourth-order valence-corrected chi connectivity index (χ4v) is 7.69. The minimum absolute atomic E-state index is 0.139. The summed E-state index contributed by atoms with van der Waals surface area (Å²) in [6.45, 7) is 8.64. The third-order valence-electron chi connectivity index (χ3n) is 9.32. The fourth-order valence-electron chi connectivity index (χ4n) is 7.69. The summed E-state index contributed by atoms with van der Waals surface area (Å²) in [7, 11) is 1.66. The highest BCUT2D eigenvalue weighted by atomic mass is 16.5. The van der Waals surface area contributed by atoms with Crippen molar-refractivity contribution in [3.63, 3.8) is 0 Å². The number of allylic oxidation sites excluding steroid dienone is 1. The zero-order valence-electron chi connectivity index (χ0n) is 17.8. The first kappa shape index (κ1) is 20.1. The normalized spacial score (nSPS) is 43.4. The molecule has 4 aliphatic rings. The van der Waals surface area contributed by atoms with E-state index in [4.69, 9.17) is 4.74 Å². The molecule has 154 valence electrons. The minimum Gasteiger partial charge on any atom is -0.377 e. The maximum absolute atomic E-state index is 13.1. The first-order valence-corrected chi connectivity index (χ1v) is 11.3. The van der Waals surface area contributed by atoms with Gasteiger partial charge < -0.3 is 4.74 Å². The van der Waals surface area contributed by atoms with Crippen LogP contribution in [0.5, 0.6) is 0 Å². The van der Waals surface area contributed by atoms with Crippen molar-refractivity contribution in [2.45, 2.75) is 77.7 Å². The van der Waals surface area contributed by atoms with Gasteiger partial charge in [-0.2, -0.15) is 0 Å². The van der Waals surface area contributed by atoms with Crippen LogP contribution in [-0.4, -0.2) is 24.8 Å². The summed E-state index contributed by atoms with van der Waals surface area (Å²) in [5.74, 6) is 2.93. The molecule has 4 rings (SSSR count). The number of methoxy groups -OCH3 is 1. The Hall–Kier alpha value is -1.22. The van der Waals surface area contributed by atoms with Gasteiger partial charge in [-0.05, 0) is 79.6 Å². The van der Waals surface area contributed by atoms with E-state index < -0.39 is 0 Å². The lowest BCUT2D eigenvalue weighted by Crippen LogP contribution is -2.51. The summed E-state index contributed by atoms with van der Waals surface area (Å²) in [6.07, 6.45) is 12.6. The molecule has 4 aliphatic carbocycles. The number of fused-ring (bicyclic) bond motifs is 5. The molecule has 3 saturated carbocycles. The van der Waals surface area contributed by atoms with Gasteiger partial charge in [0.1, 0.15) is 5.78 Å². The number of ether oxygens (including phenoxy) is 1. The third kappa shape index (κ3) is 2.96. The molecule has 3 nitrogen and oxygen atoms in total. The van der Waals surface area contributed by atoms with Gasteiger partial charge in [0.15, 0.2) is 5.78 Å². The highest BCUT2D eigenvalue weighted by molar-refractivity contribution is 5.91. The molecule has 0 heterocycles. The van der Waals surface area contributed by atoms with Gasteiger partial charge in [-0.3, -0.25) is 9.59 Å². The molecule has 0 N–H and O–H groups in total. The monoisotopic (exact) mass is 384 g/mol. The molecular formula is C25H36O3. The Kier molecular flexibility index (Phi) is 5.18.